The van der Waals surface area contributed by atoms with Gasteiger partial charge in [0.25, 0.3) is 0 Å². The van der Waals surface area contributed by atoms with Crippen LogP contribution in [0.5, 0.6) is 5.75 Å². The zero-order valence-electron chi connectivity index (χ0n) is 15.7. The van der Waals surface area contributed by atoms with E-state index in [9.17, 15) is 8.42 Å². The fourth-order valence-electron chi connectivity index (χ4n) is 3.29. The Balaban J connectivity index is 1.46. The van der Waals surface area contributed by atoms with E-state index in [-0.39, 0.29) is 4.90 Å². The summed E-state index contributed by atoms with van der Waals surface area (Å²) < 4.78 is 33.1. The molecule has 1 aliphatic rings. The van der Waals surface area contributed by atoms with Crippen LogP contribution >= 0.6 is 0 Å². The molecule has 1 aliphatic heterocycles. The minimum Gasteiger partial charge on any atom is -0.494 e. The van der Waals surface area contributed by atoms with Gasteiger partial charge in [0.05, 0.1) is 11.5 Å². The number of aromatic nitrogens is 1. The van der Waals surface area contributed by atoms with Crippen LogP contribution in [0.15, 0.2) is 53.7 Å². The van der Waals surface area contributed by atoms with Crippen LogP contribution in [0.3, 0.4) is 0 Å². The maximum Gasteiger partial charge on any atom is 0.240 e. The van der Waals surface area contributed by atoms with Gasteiger partial charge in [-0.3, -0.25) is 9.88 Å². The van der Waals surface area contributed by atoms with Gasteiger partial charge in [-0.2, -0.15) is 0 Å². The van der Waals surface area contributed by atoms with Crippen LogP contribution in [0.2, 0.25) is 0 Å². The summed E-state index contributed by atoms with van der Waals surface area (Å²) in [5, 5.41) is 0. The molecular weight excluding hydrogens is 362 g/mol. The van der Waals surface area contributed by atoms with Crippen molar-refractivity contribution in [3.63, 3.8) is 0 Å². The second-order valence-electron chi connectivity index (χ2n) is 6.84. The SMILES string of the molecule is CCOc1ccc(S(=O)(=O)NCC2CCN(Cc3cccnc3)CC2)cc1. The number of ether oxygens (including phenoxy) is 1. The minimum atomic E-state index is -3.48. The van der Waals surface area contributed by atoms with Gasteiger partial charge in [0.2, 0.25) is 10.0 Å². The predicted molar refractivity (Wildman–Crippen MR) is 105 cm³/mol. The molecule has 0 amide bonds. The van der Waals surface area contributed by atoms with Crippen LogP contribution in [-0.4, -0.2) is 44.5 Å². The number of sulfonamides is 1. The van der Waals surface area contributed by atoms with Crippen molar-refractivity contribution in [1.82, 2.24) is 14.6 Å². The fourth-order valence-corrected chi connectivity index (χ4v) is 4.41. The molecular formula is C20H27N3O3S. The van der Waals surface area contributed by atoms with E-state index in [1.54, 1.807) is 30.5 Å². The average Bonchev–Trinajstić information content (AvgIpc) is 2.69. The van der Waals surface area contributed by atoms with E-state index in [0.29, 0.717) is 24.8 Å². The number of pyridine rings is 1. The average molecular weight is 390 g/mol. The summed E-state index contributed by atoms with van der Waals surface area (Å²) in [6.45, 7) is 5.79. The predicted octanol–water partition coefficient (Wildman–Crippen LogP) is 2.67. The highest BCUT2D eigenvalue weighted by Crippen LogP contribution is 2.20. The number of benzene rings is 1. The van der Waals surface area contributed by atoms with Crippen molar-refractivity contribution < 1.29 is 13.2 Å². The van der Waals surface area contributed by atoms with E-state index >= 15 is 0 Å². The van der Waals surface area contributed by atoms with Crippen molar-refractivity contribution in [1.29, 1.82) is 0 Å². The molecule has 0 saturated carbocycles. The maximum absolute atomic E-state index is 12.5. The van der Waals surface area contributed by atoms with Crippen LogP contribution in [0.1, 0.15) is 25.3 Å². The lowest BCUT2D eigenvalue weighted by molar-refractivity contribution is 0.178. The van der Waals surface area contributed by atoms with Gasteiger partial charge < -0.3 is 4.74 Å². The smallest absolute Gasteiger partial charge is 0.240 e. The first-order chi connectivity index (χ1) is 13.1. The van der Waals surface area contributed by atoms with E-state index in [0.717, 1.165) is 32.5 Å². The second kappa shape index (κ2) is 9.30. The third kappa shape index (κ3) is 5.76. The van der Waals surface area contributed by atoms with E-state index in [1.807, 2.05) is 19.2 Å². The normalized spacial score (nSPS) is 16.3. The Bertz CT molecular complexity index is 802. The fraction of sp³-hybridized carbons (Fsp3) is 0.450. The number of piperidine rings is 1. The largest absolute Gasteiger partial charge is 0.494 e. The molecule has 0 radical (unpaired) electrons. The molecule has 0 atom stereocenters. The van der Waals surface area contributed by atoms with Gasteiger partial charge in [0, 0.05) is 25.5 Å². The van der Waals surface area contributed by atoms with Crippen LogP contribution in [0, 0.1) is 5.92 Å². The van der Waals surface area contributed by atoms with Gasteiger partial charge in [-0.05, 0) is 74.7 Å². The van der Waals surface area contributed by atoms with Crippen molar-refractivity contribution >= 4 is 10.0 Å². The first kappa shape index (κ1) is 19.8. The maximum atomic E-state index is 12.5. The summed E-state index contributed by atoms with van der Waals surface area (Å²) in [4.78, 5) is 6.83. The van der Waals surface area contributed by atoms with Gasteiger partial charge in [0.15, 0.2) is 0 Å². The van der Waals surface area contributed by atoms with Crippen molar-refractivity contribution in [3.8, 4) is 5.75 Å². The molecule has 146 valence electrons. The highest BCUT2D eigenvalue weighted by Gasteiger charge is 2.22. The second-order valence-corrected chi connectivity index (χ2v) is 8.60. The van der Waals surface area contributed by atoms with Crippen molar-refractivity contribution in [3.05, 3.63) is 54.4 Å². The first-order valence-corrected chi connectivity index (χ1v) is 10.9. The van der Waals surface area contributed by atoms with Crippen LogP contribution in [-0.2, 0) is 16.6 Å². The summed E-state index contributed by atoms with van der Waals surface area (Å²) in [5.41, 5.74) is 1.21. The molecule has 3 rings (SSSR count). The monoisotopic (exact) mass is 389 g/mol. The minimum absolute atomic E-state index is 0.278. The van der Waals surface area contributed by atoms with Crippen LogP contribution in [0.25, 0.3) is 0 Å². The Labute approximate surface area is 161 Å². The van der Waals surface area contributed by atoms with E-state index in [4.69, 9.17) is 4.74 Å². The molecule has 2 heterocycles. The van der Waals surface area contributed by atoms with Crippen molar-refractivity contribution in [2.45, 2.75) is 31.2 Å². The molecule has 0 unspecified atom stereocenters. The van der Waals surface area contributed by atoms with Crippen LogP contribution < -0.4 is 9.46 Å². The summed E-state index contributed by atoms with van der Waals surface area (Å²) in [7, 11) is -3.48. The van der Waals surface area contributed by atoms with Crippen LogP contribution in [0.4, 0.5) is 0 Å². The summed E-state index contributed by atoms with van der Waals surface area (Å²) >= 11 is 0. The van der Waals surface area contributed by atoms with Gasteiger partial charge >= 0.3 is 0 Å². The van der Waals surface area contributed by atoms with Crippen molar-refractivity contribution in [2.24, 2.45) is 5.92 Å². The summed E-state index contributed by atoms with van der Waals surface area (Å²) in [6.07, 6.45) is 5.67. The van der Waals surface area contributed by atoms with Crippen molar-refractivity contribution in [2.75, 3.05) is 26.2 Å². The number of nitrogens with zero attached hydrogens (tertiary/aromatic N) is 2. The number of hydrogen-bond donors (Lipinski definition) is 1. The third-order valence-corrected chi connectivity index (χ3v) is 6.28. The zero-order valence-corrected chi connectivity index (χ0v) is 16.5. The number of nitrogens with one attached hydrogen (secondary N) is 1. The summed E-state index contributed by atoms with van der Waals surface area (Å²) in [5.74, 6) is 1.05. The Morgan fingerprint density at radius 1 is 1.19 bits per heavy atom. The number of hydrogen-bond acceptors (Lipinski definition) is 5. The molecule has 1 aromatic heterocycles. The number of rotatable bonds is 8. The lowest BCUT2D eigenvalue weighted by Crippen LogP contribution is -2.38. The molecule has 6 nitrogen and oxygen atoms in total. The zero-order chi connectivity index (χ0) is 19.1. The topological polar surface area (TPSA) is 71.5 Å². The first-order valence-electron chi connectivity index (χ1n) is 9.40. The third-order valence-electron chi connectivity index (χ3n) is 4.84. The van der Waals surface area contributed by atoms with Gasteiger partial charge in [0.1, 0.15) is 5.75 Å². The van der Waals surface area contributed by atoms with Gasteiger partial charge in [-0.1, -0.05) is 6.07 Å². The molecule has 0 bridgehead atoms. The Kier molecular flexibility index (Phi) is 6.82. The van der Waals surface area contributed by atoms with E-state index < -0.39 is 10.0 Å². The molecule has 2 aromatic rings. The molecule has 1 fully saturated rings. The quantitative estimate of drug-likeness (QED) is 0.752. The molecule has 0 aliphatic carbocycles. The molecule has 1 saturated heterocycles. The molecule has 7 heteroatoms. The Hall–Kier alpha value is -1.96. The highest BCUT2D eigenvalue weighted by atomic mass is 32.2. The standard InChI is InChI=1S/C20H27N3O3S/c1-2-26-19-5-7-20(8-6-19)27(24,25)22-15-17-9-12-23(13-10-17)16-18-4-3-11-21-14-18/h3-8,11,14,17,22H,2,9-10,12-13,15-16H2,1H3. The lowest BCUT2D eigenvalue weighted by atomic mass is 9.97. The van der Waals surface area contributed by atoms with Gasteiger partial charge in [-0.25, -0.2) is 13.1 Å². The molecule has 1 N–H and O–H groups in total. The summed E-state index contributed by atoms with van der Waals surface area (Å²) in [6, 6.07) is 10.6. The highest BCUT2D eigenvalue weighted by molar-refractivity contribution is 7.89. The molecule has 1 aromatic carbocycles. The van der Waals surface area contributed by atoms with E-state index in [1.165, 1.54) is 5.56 Å². The van der Waals surface area contributed by atoms with E-state index in [2.05, 4.69) is 20.7 Å². The Morgan fingerprint density at radius 3 is 2.56 bits per heavy atom. The molecule has 27 heavy (non-hydrogen) atoms. The van der Waals surface area contributed by atoms with Gasteiger partial charge in [-0.15, -0.1) is 0 Å². The molecule has 0 spiro atoms. The lowest BCUT2D eigenvalue weighted by Gasteiger charge is -2.31. The Morgan fingerprint density at radius 2 is 1.93 bits per heavy atom. The number of likely N-dealkylation sites (tertiary alicyclic amines) is 1.